The van der Waals surface area contributed by atoms with Crippen LogP contribution in [0.1, 0.15) is 19.4 Å². The minimum Gasteiger partial charge on any atom is -0.495 e. The van der Waals surface area contributed by atoms with Crippen LogP contribution >= 0.6 is 11.6 Å². The first kappa shape index (κ1) is 14.3. The van der Waals surface area contributed by atoms with Gasteiger partial charge in [0.15, 0.2) is 0 Å². The highest BCUT2D eigenvalue weighted by atomic mass is 35.5. The van der Waals surface area contributed by atoms with Gasteiger partial charge < -0.3 is 14.8 Å². The highest BCUT2D eigenvalue weighted by Crippen LogP contribution is 2.24. The van der Waals surface area contributed by atoms with Crippen molar-refractivity contribution in [1.29, 1.82) is 0 Å². The molecule has 96 valence electrons. The molecule has 0 fully saturated rings. The van der Waals surface area contributed by atoms with Crippen LogP contribution in [-0.4, -0.2) is 26.4 Å². The van der Waals surface area contributed by atoms with E-state index in [0.717, 1.165) is 18.7 Å². The molecule has 0 aromatic heterocycles. The number of hydrogen-bond donors (Lipinski definition) is 1. The Kier molecular flexibility index (Phi) is 5.25. The Morgan fingerprint density at radius 3 is 2.53 bits per heavy atom. The van der Waals surface area contributed by atoms with Crippen LogP contribution in [-0.2, 0) is 11.3 Å². The van der Waals surface area contributed by atoms with Crippen LogP contribution in [0.5, 0.6) is 5.75 Å². The second-order valence-electron chi connectivity index (χ2n) is 4.54. The Labute approximate surface area is 108 Å². The lowest BCUT2D eigenvalue weighted by Gasteiger charge is -2.23. The van der Waals surface area contributed by atoms with Gasteiger partial charge in [0.25, 0.3) is 0 Å². The largest absolute Gasteiger partial charge is 0.495 e. The first-order valence-electron chi connectivity index (χ1n) is 5.57. The third kappa shape index (κ3) is 4.54. The Bertz CT molecular complexity index is 366. The number of nitrogens with one attached hydrogen (secondary N) is 1. The second-order valence-corrected chi connectivity index (χ2v) is 4.94. The smallest absolute Gasteiger partial charge is 0.137 e. The molecule has 0 radical (unpaired) electrons. The van der Waals surface area contributed by atoms with Gasteiger partial charge in [-0.1, -0.05) is 17.7 Å². The van der Waals surface area contributed by atoms with Crippen molar-refractivity contribution in [2.45, 2.75) is 26.0 Å². The second kappa shape index (κ2) is 6.24. The van der Waals surface area contributed by atoms with Crippen LogP contribution in [0, 0.1) is 0 Å². The van der Waals surface area contributed by atoms with Gasteiger partial charge in [-0.05, 0) is 31.5 Å². The molecule has 1 aromatic rings. The quantitative estimate of drug-likeness (QED) is 0.850. The van der Waals surface area contributed by atoms with Gasteiger partial charge in [0.05, 0.1) is 17.7 Å². The number of methoxy groups -OCH3 is 2. The SMILES string of the molecule is COc1ccc(CNCC(C)(C)OC)cc1Cl. The summed E-state index contributed by atoms with van der Waals surface area (Å²) in [4.78, 5) is 0. The molecule has 0 aliphatic heterocycles. The van der Waals surface area contributed by atoms with Gasteiger partial charge in [-0.2, -0.15) is 0 Å². The fourth-order valence-electron chi connectivity index (χ4n) is 1.40. The summed E-state index contributed by atoms with van der Waals surface area (Å²) in [7, 11) is 3.33. The van der Waals surface area contributed by atoms with Crippen LogP contribution in [0.4, 0.5) is 0 Å². The van der Waals surface area contributed by atoms with E-state index in [1.165, 1.54) is 0 Å². The molecule has 0 unspecified atom stereocenters. The summed E-state index contributed by atoms with van der Waals surface area (Å²) in [6.45, 7) is 5.63. The summed E-state index contributed by atoms with van der Waals surface area (Å²) in [5.74, 6) is 0.702. The van der Waals surface area contributed by atoms with E-state index in [1.807, 2.05) is 32.0 Å². The molecule has 1 N–H and O–H groups in total. The summed E-state index contributed by atoms with van der Waals surface area (Å²) >= 11 is 6.05. The number of rotatable bonds is 6. The van der Waals surface area contributed by atoms with Crippen LogP contribution in [0.3, 0.4) is 0 Å². The summed E-state index contributed by atoms with van der Waals surface area (Å²) in [5, 5.41) is 3.97. The predicted molar refractivity (Wildman–Crippen MR) is 70.8 cm³/mol. The van der Waals surface area contributed by atoms with Crippen molar-refractivity contribution in [3.8, 4) is 5.75 Å². The molecular weight excluding hydrogens is 238 g/mol. The zero-order valence-electron chi connectivity index (χ0n) is 10.8. The van der Waals surface area contributed by atoms with Crippen LogP contribution in [0.15, 0.2) is 18.2 Å². The predicted octanol–water partition coefficient (Wildman–Crippen LogP) is 2.86. The van der Waals surface area contributed by atoms with Gasteiger partial charge in [0.2, 0.25) is 0 Å². The molecule has 1 aromatic carbocycles. The molecule has 0 aliphatic carbocycles. The van der Waals surface area contributed by atoms with Gasteiger partial charge in [-0.15, -0.1) is 0 Å². The average molecular weight is 258 g/mol. The van der Waals surface area contributed by atoms with E-state index in [1.54, 1.807) is 14.2 Å². The van der Waals surface area contributed by atoms with E-state index in [9.17, 15) is 0 Å². The molecule has 0 aliphatic rings. The van der Waals surface area contributed by atoms with Crippen molar-refractivity contribution < 1.29 is 9.47 Å². The fraction of sp³-hybridized carbons (Fsp3) is 0.538. The van der Waals surface area contributed by atoms with Gasteiger partial charge >= 0.3 is 0 Å². The highest BCUT2D eigenvalue weighted by Gasteiger charge is 2.15. The molecular formula is C13H20ClNO2. The lowest BCUT2D eigenvalue weighted by molar-refractivity contribution is 0.0230. The summed E-state index contributed by atoms with van der Waals surface area (Å²) in [5.41, 5.74) is 0.971. The van der Waals surface area contributed by atoms with E-state index in [4.69, 9.17) is 21.1 Å². The van der Waals surface area contributed by atoms with Gasteiger partial charge in [-0.25, -0.2) is 0 Å². The first-order chi connectivity index (χ1) is 7.98. The first-order valence-corrected chi connectivity index (χ1v) is 5.94. The standard InChI is InChI=1S/C13H20ClNO2/c1-13(2,17-4)9-15-8-10-5-6-12(16-3)11(14)7-10/h5-7,15H,8-9H2,1-4H3. The summed E-state index contributed by atoms with van der Waals surface area (Å²) < 4.78 is 10.4. The minimum absolute atomic E-state index is 0.156. The maximum absolute atomic E-state index is 6.05. The van der Waals surface area contributed by atoms with Crippen LogP contribution < -0.4 is 10.1 Å². The zero-order valence-corrected chi connectivity index (χ0v) is 11.6. The average Bonchev–Trinajstić information content (AvgIpc) is 2.29. The summed E-state index contributed by atoms with van der Waals surface area (Å²) in [6, 6.07) is 5.78. The maximum Gasteiger partial charge on any atom is 0.137 e. The maximum atomic E-state index is 6.05. The molecule has 0 spiro atoms. The number of halogens is 1. The lowest BCUT2D eigenvalue weighted by Crippen LogP contribution is -2.36. The van der Waals surface area contributed by atoms with E-state index in [0.29, 0.717) is 10.8 Å². The van der Waals surface area contributed by atoms with Gasteiger partial charge in [0.1, 0.15) is 5.75 Å². The van der Waals surface area contributed by atoms with Crippen molar-refractivity contribution >= 4 is 11.6 Å². The Morgan fingerprint density at radius 1 is 1.29 bits per heavy atom. The Morgan fingerprint density at radius 2 is 2.00 bits per heavy atom. The number of ether oxygens (including phenoxy) is 2. The molecule has 0 saturated heterocycles. The number of hydrogen-bond acceptors (Lipinski definition) is 3. The van der Waals surface area contributed by atoms with Crippen molar-refractivity contribution in [1.82, 2.24) is 5.32 Å². The Balaban J connectivity index is 2.50. The third-order valence-corrected chi connectivity index (χ3v) is 2.94. The molecule has 4 heteroatoms. The van der Waals surface area contributed by atoms with Crippen LogP contribution in [0.25, 0.3) is 0 Å². The van der Waals surface area contributed by atoms with Crippen LogP contribution in [0.2, 0.25) is 5.02 Å². The molecule has 0 bridgehead atoms. The van der Waals surface area contributed by atoms with E-state index in [-0.39, 0.29) is 5.60 Å². The molecule has 17 heavy (non-hydrogen) atoms. The van der Waals surface area contributed by atoms with Crippen molar-refractivity contribution in [2.75, 3.05) is 20.8 Å². The normalized spacial score (nSPS) is 11.6. The van der Waals surface area contributed by atoms with Gasteiger partial charge in [-0.3, -0.25) is 0 Å². The molecule has 1 rings (SSSR count). The Hall–Kier alpha value is -0.770. The highest BCUT2D eigenvalue weighted by molar-refractivity contribution is 6.32. The van der Waals surface area contributed by atoms with Crippen molar-refractivity contribution in [3.05, 3.63) is 28.8 Å². The molecule has 0 atom stereocenters. The van der Waals surface area contributed by atoms with E-state index < -0.39 is 0 Å². The topological polar surface area (TPSA) is 30.5 Å². The molecule has 0 saturated carbocycles. The molecule has 0 amide bonds. The number of benzene rings is 1. The minimum atomic E-state index is -0.156. The van der Waals surface area contributed by atoms with Crippen molar-refractivity contribution in [3.63, 3.8) is 0 Å². The monoisotopic (exact) mass is 257 g/mol. The van der Waals surface area contributed by atoms with E-state index in [2.05, 4.69) is 5.32 Å². The third-order valence-electron chi connectivity index (χ3n) is 2.65. The summed E-state index contributed by atoms with van der Waals surface area (Å²) in [6.07, 6.45) is 0. The fourth-order valence-corrected chi connectivity index (χ4v) is 1.68. The van der Waals surface area contributed by atoms with E-state index >= 15 is 0 Å². The zero-order chi connectivity index (χ0) is 12.9. The molecule has 0 heterocycles. The van der Waals surface area contributed by atoms with Crippen molar-refractivity contribution in [2.24, 2.45) is 0 Å². The van der Waals surface area contributed by atoms with Gasteiger partial charge in [0, 0.05) is 20.2 Å². The lowest BCUT2D eigenvalue weighted by atomic mass is 10.1. The molecule has 3 nitrogen and oxygen atoms in total.